The molecule has 1 aromatic carbocycles. The summed E-state index contributed by atoms with van der Waals surface area (Å²) in [5.41, 5.74) is -0.843. The number of nitrogens with one attached hydrogen (secondary N) is 1. The molecule has 2 N–H and O–H groups in total. The second-order valence-electron chi connectivity index (χ2n) is 9.04. The molecule has 0 bridgehead atoms. The molecule has 1 saturated carbocycles. The van der Waals surface area contributed by atoms with Crippen molar-refractivity contribution in [2.45, 2.75) is 44.4 Å². The summed E-state index contributed by atoms with van der Waals surface area (Å²) in [7, 11) is 0. The zero-order valence-corrected chi connectivity index (χ0v) is 18.5. The van der Waals surface area contributed by atoms with Crippen LogP contribution in [0.2, 0.25) is 0 Å². The maximum Gasteiger partial charge on any atom is 0.330 e. The van der Waals surface area contributed by atoms with E-state index >= 15 is 0 Å². The molecular weight excluding hydrogens is 410 g/mol. The van der Waals surface area contributed by atoms with Crippen LogP contribution in [0.15, 0.2) is 39.9 Å². The van der Waals surface area contributed by atoms with Gasteiger partial charge < -0.3 is 14.7 Å². The van der Waals surface area contributed by atoms with Gasteiger partial charge in [0, 0.05) is 44.8 Å². The molecule has 1 aromatic heterocycles. The number of aliphatic hydroxyl groups is 1. The molecule has 2 aromatic rings. The number of anilines is 1. The van der Waals surface area contributed by atoms with Gasteiger partial charge in [0.1, 0.15) is 23.3 Å². The van der Waals surface area contributed by atoms with Gasteiger partial charge in [-0.25, -0.2) is 4.79 Å². The number of piperazine rings is 1. The number of rotatable bonds is 7. The second kappa shape index (κ2) is 8.81. The number of aromatic nitrogens is 2. The lowest BCUT2D eigenvalue weighted by molar-refractivity contribution is -0.0449. The normalized spacial score (nSPS) is 18.2. The van der Waals surface area contributed by atoms with Crippen LogP contribution in [-0.4, -0.2) is 64.0 Å². The highest BCUT2D eigenvalue weighted by Gasteiger charge is 2.33. The standard InChI is InChI=1S/C23H29N5O4/c1-23(2,32-18-7-3-16(14-24)4-8-18)19(29)15-26-9-11-27(12-10-26)20-13-21(30)28(17-5-6-17)22(31)25-20/h3-4,7-8,13,17,19,29H,5-6,9-12,15H2,1-2H3,(H,25,31). The third-order valence-electron chi connectivity index (χ3n) is 6.17. The molecule has 2 heterocycles. The first-order valence-electron chi connectivity index (χ1n) is 11.0. The number of hydrogen-bond acceptors (Lipinski definition) is 7. The maximum absolute atomic E-state index is 12.3. The van der Waals surface area contributed by atoms with E-state index in [9.17, 15) is 14.7 Å². The van der Waals surface area contributed by atoms with Gasteiger partial charge in [-0.05, 0) is 51.0 Å². The lowest BCUT2D eigenvalue weighted by Crippen LogP contribution is -2.54. The molecule has 0 radical (unpaired) electrons. The molecule has 1 aliphatic heterocycles. The van der Waals surface area contributed by atoms with Crippen molar-refractivity contribution in [2.24, 2.45) is 0 Å². The summed E-state index contributed by atoms with van der Waals surface area (Å²) in [5, 5.41) is 19.7. The number of β-amino-alcohol motifs (C(OH)–C–C–N with tert-alkyl or cyclic N) is 1. The van der Waals surface area contributed by atoms with E-state index in [2.05, 4.69) is 16.0 Å². The van der Waals surface area contributed by atoms with Crippen LogP contribution >= 0.6 is 0 Å². The zero-order chi connectivity index (χ0) is 22.9. The average molecular weight is 440 g/mol. The molecule has 32 heavy (non-hydrogen) atoms. The predicted molar refractivity (Wildman–Crippen MR) is 120 cm³/mol. The van der Waals surface area contributed by atoms with E-state index in [-0.39, 0.29) is 17.3 Å². The minimum absolute atomic E-state index is 0.0495. The van der Waals surface area contributed by atoms with Crippen LogP contribution in [0.1, 0.15) is 38.3 Å². The van der Waals surface area contributed by atoms with E-state index in [4.69, 9.17) is 10.00 Å². The number of nitrogens with zero attached hydrogens (tertiary/aromatic N) is 4. The first-order chi connectivity index (χ1) is 15.3. The average Bonchev–Trinajstić information content (AvgIpc) is 3.59. The number of aromatic amines is 1. The van der Waals surface area contributed by atoms with Crippen molar-refractivity contribution in [1.82, 2.24) is 14.5 Å². The minimum atomic E-state index is -0.816. The van der Waals surface area contributed by atoms with E-state index < -0.39 is 11.7 Å². The molecule has 2 fully saturated rings. The van der Waals surface area contributed by atoms with Crippen LogP contribution in [0.25, 0.3) is 0 Å². The molecule has 1 aliphatic carbocycles. The van der Waals surface area contributed by atoms with Gasteiger partial charge in [-0.2, -0.15) is 5.26 Å². The number of nitriles is 1. The summed E-state index contributed by atoms with van der Waals surface area (Å²) >= 11 is 0. The van der Waals surface area contributed by atoms with Crippen molar-refractivity contribution < 1.29 is 9.84 Å². The first kappa shape index (κ1) is 22.1. The molecule has 9 nitrogen and oxygen atoms in total. The van der Waals surface area contributed by atoms with Crippen LogP contribution in [-0.2, 0) is 0 Å². The first-order valence-corrected chi connectivity index (χ1v) is 11.0. The SMILES string of the molecule is CC(C)(Oc1ccc(C#N)cc1)C(O)CN1CCN(c2cc(=O)n(C3CC3)c(=O)[nH]2)CC1. The van der Waals surface area contributed by atoms with Gasteiger partial charge in [0.15, 0.2) is 0 Å². The van der Waals surface area contributed by atoms with Crippen LogP contribution in [0.3, 0.4) is 0 Å². The quantitative estimate of drug-likeness (QED) is 0.664. The van der Waals surface area contributed by atoms with Crippen molar-refractivity contribution in [3.63, 3.8) is 0 Å². The topological polar surface area (TPSA) is 115 Å². The summed E-state index contributed by atoms with van der Waals surface area (Å²) in [6.45, 7) is 6.79. The molecule has 0 spiro atoms. The highest BCUT2D eigenvalue weighted by molar-refractivity contribution is 5.37. The van der Waals surface area contributed by atoms with Crippen LogP contribution in [0.4, 0.5) is 5.82 Å². The zero-order valence-electron chi connectivity index (χ0n) is 18.5. The minimum Gasteiger partial charge on any atom is -0.485 e. The lowest BCUT2D eigenvalue weighted by Gasteiger charge is -2.39. The Morgan fingerprint density at radius 1 is 1.19 bits per heavy atom. The molecule has 1 atom stereocenters. The van der Waals surface area contributed by atoms with Gasteiger partial charge in [-0.1, -0.05) is 0 Å². The van der Waals surface area contributed by atoms with Crippen LogP contribution in [0.5, 0.6) is 5.75 Å². The van der Waals surface area contributed by atoms with Gasteiger partial charge in [-0.3, -0.25) is 19.2 Å². The Balaban J connectivity index is 1.32. The molecule has 9 heteroatoms. The highest BCUT2D eigenvalue weighted by atomic mass is 16.5. The summed E-state index contributed by atoms with van der Waals surface area (Å²) in [5.74, 6) is 1.16. The third kappa shape index (κ3) is 4.87. The van der Waals surface area contributed by atoms with E-state index in [1.807, 2.05) is 18.7 Å². The summed E-state index contributed by atoms with van der Waals surface area (Å²) in [4.78, 5) is 31.6. The van der Waals surface area contributed by atoms with Crippen molar-refractivity contribution >= 4 is 5.82 Å². The fourth-order valence-electron chi connectivity index (χ4n) is 3.95. The largest absolute Gasteiger partial charge is 0.485 e. The van der Waals surface area contributed by atoms with Crippen molar-refractivity contribution in [2.75, 3.05) is 37.6 Å². The number of hydrogen-bond donors (Lipinski definition) is 2. The lowest BCUT2D eigenvalue weighted by atomic mass is 10.0. The van der Waals surface area contributed by atoms with Crippen molar-refractivity contribution in [1.29, 1.82) is 5.26 Å². The maximum atomic E-state index is 12.3. The smallest absolute Gasteiger partial charge is 0.330 e. The van der Waals surface area contributed by atoms with Crippen LogP contribution < -0.4 is 20.9 Å². The number of aliphatic hydroxyl groups excluding tert-OH is 1. The highest BCUT2D eigenvalue weighted by Crippen LogP contribution is 2.32. The Morgan fingerprint density at radius 3 is 2.41 bits per heavy atom. The molecule has 1 unspecified atom stereocenters. The third-order valence-corrected chi connectivity index (χ3v) is 6.17. The number of ether oxygens (including phenoxy) is 1. The Kier molecular flexibility index (Phi) is 6.09. The van der Waals surface area contributed by atoms with Crippen molar-refractivity contribution in [3.05, 3.63) is 56.7 Å². The summed E-state index contributed by atoms with van der Waals surface area (Å²) < 4.78 is 7.30. The number of H-pyrrole nitrogens is 1. The molecule has 0 amide bonds. The Morgan fingerprint density at radius 2 is 1.84 bits per heavy atom. The summed E-state index contributed by atoms with van der Waals surface area (Å²) in [6, 6.07) is 10.5. The second-order valence-corrected chi connectivity index (χ2v) is 9.04. The number of benzene rings is 1. The molecule has 1 saturated heterocycles. The molecule has 170 valence electrons. The fraction of sp³-hybridized carbons (Fsp3) is 0.522. The van der Waals surface area contributed by atoms with Gasteiger partial charge in [0.2, 0.25) is 0 Å². The Bertz CT molecular complexity index is 1070. The summed E-state index contributed by atoms with van der Waals surface area (Å²) in [6.07, 6.45) is 1.04. The van der Waals surface area contributed by atoms with Gasteiger partial charge in [-0.15, -0.1) is 0 Å². The Labute approximate surface area is 186 Å². The monoisotopic (exact) mass is 439 g/mol. The molecular formula is C23H29N5O4. The van der Waals surface area contributed by atoms with E-state index in [1.165, 1.54) is 10.6 Å². The van der Waals surface area contributed by atoms with E-state index in [0.717, 1.165) is 12.8 Å². The van der Waals surface area contributed by atoms with Crippen LogP contribution in [0, 0.1) is 11.3 Å². The predicted octanol–water partition coefficient (Wildman–Crippen LogP) is 1.08. The fourth-order valence-corrected chi connectivity index (χ4v) is 3.95. The van der Waals surface area contributed by atoms with Gasteiger partial charge in [0.25, 0.3) is 5.56 Å². The molecule has 2 aliphatic rings. The van der Waals surface area contributed by atoms with Gasteiger partial charge >= 0.3 is 5.69 Å². The van der Waals surface area contributed by atoms with E-state index in [1.54, 1.807) is 24.3 Å². The Hall–Kier alpha value is -3.09. The molecule has 4 rings (SSSR count). The van der Waals surface area contributed by atoms with E-state index in [0.29, 0.717) is 49.9 Å². The van der Waals surface area contributed by atoms with Gasteiger partial charge in [0.05, 0.1) is 11.6 Å². The van der Waals surface area contributed by atoms with Crippen molar-refractivity contribution in [3.8, 4) is 11.8 Å².